The molecule has 2 aromatic rings. The minimum atomic E-state index is 0.00495. The third kappa shape index (κ3) is 3.41. The van der Waals surface area contributed by atoms with Crippen molar-refractivity contribution >= 4 is 5.91 Å². The lowest BCUT2D eigenvalue weighted by molar-refractivity contribution is 0.0764. The predicted octanol–water partition coefficient (Wildman–Crippen LogP) is 2.48. The normalized spacial score (nSPS) is 10.3. The number of rotatable bonds is 5. The lowest BCUT2D eigenvalue weighted by Gasteiger charge is -2.18. The molecule has 0 aliphatic rings. The second-order valence-electron chi connectivity index (χ2n) is 4.90. The minimum Gasteiger partial charge on any atom is -0.492 e. The molecule has 0 atom stereocenters. The zero-order valence-corrected chi connectivity index (χ0v) is 12.2. The predicted molar refractivity (Wildman–Crippen MR) is 79.0 cm³/mol. The van der Waals surface area contributed by atoms with Gasteiger partial charge in [0.15, 0.2) is 0 Å². The summed E-state index contributed by atoms with van der Waals surface area (Å²) in [5, 5.41) is 0. The Kier molecular flexibility index (Phi) is 4.45. The van der Waals surface area contributed by atoms with Crippen LogP contribution < -0.4 is 4.74 Å². The Morgan fingerprint density at radius 2 is 2.10 bits per heavy atom. The van der Waals surface area contributed by atoms with Gasteiger partial charge in [-0.2, -0.15) is 0 Å². The van der Waals surface area contributed by atoms with Gasteiger partial charge in [-0.3, -0.25) is 4.79 Å². The molecule has 2 rings (SSSR count). The Morgan fingerprint density at radius 1 is 1.30 bits per heavy atom. The first-order valence-electron chi connectivity index (χ1n) is 6.64. The van der Waals surface area contributed by atoms with Crippen molar-refractivity contribution in [2.24, 2.45) is 7.05 Å². The van der Waals surface area contributed by atoms with Gasteiger partial charge in [0.2, 0.25) is 0 Å². The van der Waals surface area contributed by atoms with E-state index in [0.717, 1.165) is 11.3 Å². The number of likely N-dealkylation sites (N-methyl/N-ethyl adjacent to an activating group) is 1. The van der Waals surface area contributed by atoms with E-state index in [1.165, 1.54) is 0 Å². The van der Waals surface area contributed by atoms with Gasteiger partial charge < -0.3 is 14.2 Å². The molecule has 1 amide bonds. The average Bonchev–Trinajstić information content (AvgIpc) is 2.84. The maximum Gasteiger partial charge on any atom is 0.270 e. The first-order valence-corrected chi connectivity index (χ1v) is 6.64. The van der Waals surface area contributed by atoms with Crippen molar-refractivity contribution in [1.82, 2.24) is 9.47 Å². The van der Waals surface area contributed by atoms with E-state index in [0.29, 0.717) is 18.8 Å². The Balaban J connectivity index is 1.85. The summed E-state index contributed by atoms with van der Waals surface area (Å²) in [5.41, 5.74) is 1.85. The summed E-state index contributed by atoms with van der Waals surface area (Å²) in [6, 6.07) is 11.6. The molecule has 0 radical (unpaired) electrons. The summed E-state index contributed by atoms with van der Waals surface area (Å²) in [6.07, 6.45) is 1.87. The van der Waals surface area contributed by atoms with Crippen molar-refractivity contribution in [2.75, 3.05) is 20.2 Å². The zero-order chi connectivity index (χ0) is 14.5. The maximum atomic E-state index is 12.2. The molecule has 0 aliphatic heterocycles. The Labute approximate surface area is 119 Å². The molecule has 0 bridgehead atoms. The number of amides is 1. The molecule has 1 aromatic carbocycles. The van der Waals surface area contributed by atoms with Crippen LogP contribution in [-0.2, 0) is 7.05 Å². The zero-order valence-electron chi connectivity index (χ0n) is 12.2. The van der Waals surface area contributed by atoms with Crippen LogP contribution in [0.3, 0.4) is 0 Å². The van der Waals surface area contributed by atoms with Gasteiger partial charge in [-0.15, -0.1) is 0 Å². The number of aromatic nitrogens is 1. The van der Waals surface area contributed by atoms with Gasteiger partial charge in [0.05, 0.1) is 6.54 Å². The number of aryl methyl sites for hydroxylation is 2. The maximum absolute atomic E-state index is 12.2. The van der Waals surface area contributed by atoms with Crippen LogP contribution in [0.25, 0.3) is 0 Å². The average molecular weight is 272 g/mol. The van der Waals surface area contributed by atoms with Gasteiger partial charge in [-0.25, -0.2) is 0 Å². The van der Waals surface area contributed by atoms with E-state index in [1.807, 2.05) is 61.1 Å². The van der Waals surface area contributed by atoms with Gasteiger partial charge >= 0.3 is 0 Å². The molecule has 0 saturated heterocycles. The highest BCUT2D eigenvalue weighted by Crippen LogP contribution is 2.12. The van der Waals surface area contributed by atoms with Crippen molar-refractivity contribution in [3.63, 3.8) is 0 Å². The number of benzene rings is 1. The number of nitrogens with zero attached hydrogens (tertiary/aromatic N) is 2. The quantitative estimate of drug-likeness (QED) is 0.838. The first-order chi connectivity index (χ1) is 9.58. The second-order valence-corrected chi connectivity index (χ2v) is 4.90. The molecular weight excluding hydrogens is 252 g/mol. The van der Waals surface area contributed by atoms with Crippen molar-refractivity contribution in [3.8, 4) is 5.75 Å². The highest BCUT2D eigenvalue weighted by atomic mass is 16.5. The number of carbonyl (C=O) groups is 1. The molecule has 0 unspecified atom stereocenters. The second kappa shape index (κ2) is 6.28. The molecular formula is C16H20N2O2. The third-order valence-electron chi connectivity index (χ3n) is 3.19. The van der Waals surface area contributed by atoms with Gasteiger partial charge in [-0.05, 0) is 36.8 Å². The van der Waals surface area contributed by atoms with Crippen molar-refractivity contribution in [3.05, 3.63) is 53.9 Å². The van der Waals surface area contributed by atoms with E-state index in [2.05, 4.69) is 0 Å². The standard InChI is InChI=1S/C16H20N2O2/c1-13-6-4-7-14(12-13)20-11-10-18(3)16(19)15-8-5-9-17(15)2/h4-9,12H,10-11H2,1-3H3. The van der Waals surface area contributed by atoms with Crippen LogP contribution in [0.5, 0.6) is 5.75 Å². The molecule has 0 fully saturated rings. The topological polar surface area (TPSA) is 34.5 Å². The third-order valence-corrected chi connectivity index (χ3v) is 3.19. The molecule has 20 heavy (non-hydrogen) atoms. The molecule has 4 nitrogen and oxygen atoms in total. The number of hydrogen-bond donors (Lipinski definition) is 0. The van der Waals surface area contributed by atoms with Crippen LogP contribution in [-0.4, -0.2) is 35.6 Å². The fourth-order valence-electron chi connectivity index (χ4n) is 1.99. The Morgan fingerprint density at radius 3 is 2.75 bits per heavy atom. The summed E-state index contributed by atoms with van der Waals surface area (Å²) in [5.74, 6) is 0.843. The molecule has 106 valence electrons. The van der Waals surface area contributed by atoms with Crippen molar-refractivity contribution < 1.29 is 9.53 Å². The summed E-state index contributed by atoms with van der Waals surface area (Å²) >= 11 is 0. The number of ether oxygens (including phenoxy) is 1. The highest BCUT2D eigenvalue weighted by molar-refractivity contribution is 5.92. The number of carbonyl (C=O) groups excluding carboxylic acids is 1. The van der Waals surface area contributed by atoms with Gasteiger partial charge in [-0.1, -0.05) is 12.1 Å². The van der Waals surface area contributed by atoms with Crippen LogP contribution in [0.15, 0.2) is 42.6 Å². The van der Waals surface area contributed by atoms with Crippen LogP contribution in [0, 0.1) is 6.92 Å². The minimum absolute atomic E-state index is 0.00495. The Bertz CT molecular complexity index is 590. The van der Waals surface area contributed by atoms with Crippen LogP contribution in [0.1, 0.15) is 16.1 Å². The van der Waals surface area contributed by atoms with Crippen LogP contribution in [0.2, 0.25) is 0 Å². The molecule has 1 aromatic heterocycles. The summed E-state index contributed by atoms with van der Waals surface area (Å²) in [4.78, 5) is 13.8. The molecule has 4 heteroatoms. The summed E-state index contributed by atoms with van der Waals surface area (Å²) in [7, 11) is 3.65. The molecule has 0 aliphatic carbocycles. The lowest BCUT2D eigenvalue weighted by Crippen LogP contribution is -2.32. The van der Waals surface area contributed by atoms with E-state index >= 15 is 0 Å². The first kappa shape index (κ1) is 14.2. The van der Waals surface area contributed by atoms with E-state index < -0.39 is 0 Å². The van der Waals surface area contributed by atoms with E-state index in [4.69, 9.17) is 4.74 Å². The van der Waals surface area contributed by atoms with Crippen molar-refractivity contribution in [2.45, 2.75) is 6.92 Å². The SMILES string of the molecule is Cc1cccc(OCCN(C)C(=O)c2cccn2C)c1. The fraction of sp³-hybridized carbons (Fsp3) is 0.312. The van der Waals surface area contributed by atoms with Gasteiger partial charge in [0, 0.05) is 20.3 Å². The van der Waals surface area contributed by atoms with Crippen LogP contribution >= 0.6 is 0 Å². The summed E-state index contributed by atoms with van der Waals surface area (Å²) in [6.45, 7) is 3.06. The lowest BCUT2D eigenvalue weighted by atomic mass is 10.2. The number of hydrogen-bond acceptors (Lipinski definition) is 2. The molecule has 1 heterocycles. The largest absolute Gasteiger partial charge is 0.492 e. The monoisotopic (exact) mass is 272 g/mol. The van der Waals surface area contributed by atoms with E-state index in [1.54, 1.807) is 11.9 Å². The van der Waals surface area contributed by atoms with E-state index in [9.17, 15) is 4.79 Å². The molecule has 0 spiro atoms. The van der Waals surface area contributed by atoms with Crippen molar-refractivity contribution in [1.29, 1.82) is 0 Å². The van der Waals surface area contributed by atoms with E-state index in [-0.39, 0.29) is 5.91 Å². The Hall–Kier alpha value is -2.23. The smallest absolute Gasteiger partial charge is 0.270 e. The molecule has 0 N–H and O–H groups in total. The highest BCUT2D eigenvalue weighted by Gasteiger charge is 2.13. The van der Waals surface area contributed by atoms with Gasteiger partial charge in [0.25, 0.3) is 5.91 Å². The molecule has 0 saturated carbocycles. The summed E-state index contributed by atoms with van der Waals surface area (Å²) < 4.78 is 7.47. The van der Waals surface area contributed by atoms with Gasteiger partial charge in [0.1, 0.15) is 18.1 Å². The van der Waals surface area contributed by atoms with Crippen LogP contribution in [0.4, 0.5) is 0 Å². The fourth-order valence-corrected chi connectivity index (χ4v) is 1.99.